The van der Waals surface area contributed by atoms with Crippen molar-refractivity contribution in [1.29, 1.82) is 0 Å². The number of rotatable bonds is 5. The van der Waals surface area contributed by atoms with Crippen LogP contribution in [0.5, 0.6) is 0 Å². The van der Waals surface area contributed by atoms with Gasteiger partial charge in [-0.25, -0.2) is 9.78 Å². The first kappa shape index (κ1) is 15.5. The molecule has 1 aliphatic rings. The topological polar surface area (TPSA) is 79.3 Å². The second kappa shape index (κ2) is 7.20. The van der Waals surface area contributed by atoms with Crippen molar-refractivity contribution in [3.8, 4) is 0 Å². The third-order valence-electron chi connectivity index (χ3n) is 4.17. The highest BCUT2D eigenvalue weighted by Crippen LogP contribution is 2.29. The highest BCUT2D eigenvalue weighted by molar-refractivity contribution is 5.94. The molecule has 2 N–H and O–H groups in total. The van der Waals surface area contributed by atoms with Crippen LogP contribution < -0.4 is 5.32 Å². The van der Waals surface area contributed by atoms with Gasteiger partial charge in [-0.2, -0.15) is 0 Å². The van der Waals surface area contributed by atoms with Gasteiger partial charge >= 0.3 is 5.97 Å². The van der Waals surface area contributed by atoms with Crippen molar-refractivity contribution in [1.82, 2.24) is 10.3 Å². The van der Waals surface area contributed by atoms with Gasteiger partial charge in [0.15, 0.2) is 0 Å². The molecule has 0 aliphatic heterocycles. The van der Waals surface area contributed by atoms with E-state index in [0.29, 0.717) is 12.5 Å². The van der Waals surface area contributed by atoms with Gasteiger partial charge in [0.05, 0.1) is 0 Å². The standard InChI is InChI=1S/C16H22N2O3/c1-11-5-7-12(8-6-11)9-10-17-15(19)13-3-2-4-14(18-13)16(20)21/h2-4,11-12H,5-10H2,1H3,(H,17,19)(H,20,21). The van der Waals surface area contributed by atoms with Gasteiger partial charge in [0, 0.05) is 6.54 Å². The summed E-state index contributed by atoms with van der Waals surface area (Å²) in [5.41, 5.74) is 0.0519. The van der Waals surface area contributed by atoms with E-state index < -0.39 is 5.97 Å². The minimum atomic E-state index is -1.12. The van der Waals surface area contributed by atoms with Gasteiger partial charge in [-0.05, 0) is 30.4 Å². The lowest BCUT2D eigenvalue weighted by atomic mass is 9.81. The second-order valence-corrected chi connectivity index (χ2v) is 5.88. The molecule has 114 valence electrons. The number of hydrogen-bond donors (Lipinski definition) is 2. The van der Waals surface area contributed by atoms with Gasteiger partial charge in [0.25, 0.3) is 5.91 Å². The zero-order valence-corrected chi connectivity index (χ0v) is 12.3. The van der Waals surface area contributed by atoms with Crippen LogP contribution in [0.25, 0.3) is 0 Å². The fourth-order valence-electron chi connectivity index (χ4n) is 2.78. The van der Waals surface area contributed by atoms with Crippen LogP contribution in [0.4, 0.5) is 0 Å². The zero-order chi connectivity index (χ0) is 15.2. The Bertz CT molecular complexity index is 508. The quantitative estimate of drug-likeness (QED) is 0.874. The van der Waals surface area contributed by atoms with Crippen LogP contribution in [0.15, 0.2) is 18.2 Å². The molecule has 2 rings (SSSR count). The van der Waals surface area contributed by atoms with Crippen molar-refractivity contribution in [2.45, 2.75) is 39.0 Å². The molecular weight excluding hydrogens is 268 g/mol. The van der Waals surface area contributed by atoms with Crippen LogP contribution in [0, 0.1) is 11.8 Å². The number of carboxylic acid groups (broad SMARTS) is 1. The summed E-state index contributed by atoms with van der Waals surface area (Å²) in [4.78, 5) is 26.6. The molecule has 1 saturated carbocycles. The number of aromatic carboxylic acids is 1. The van der Waals surface area contributed by atoms with Crippen molar-refractivity contribution < 1.29 is 14.7 Å². The predicted molar refractivity (Wildman–Crippen MR) is 79.3 cm³/mol. The fraction of sp³-hybridized carbons (Fsp3) is 0.562. The lowest BCUT2D eigenvalue weighted by molar-refractivity contribution is 0.0690. The highest BCUT2D eigenvalue weighted by atomic mass is 16.4. The number of carboxylic acids is 1. The largest absolute Gasteiger partial charge is 0.477 e. The average molecular weight is 290 g/mol. The first-order valence-corrected chi connectivity index (χ1v) is 7.55. The number of aromatic nitrogens is 1. The SMILES string of the molecule is CC1CCC(CCNC(=O)c2cccc(C(=O)O)n2)CC1. The molecule has 5 nitrogen and oxygen atoms in total. The smallest absolute Gasteiger partial charge is 0.354 e. The van der Waals surface area contributed by atoms with Crippen molar-refractivity contribution in [2.24, 2.45) is 11.8 Å². The lowest BCUT2D eigenvalue weighted by Gasteiger charge is -2.26. The summed E-state index contributed by atoms with van der Waals surface area (Å²) >= 11 is 0. The molecule has 0 bridgehead atoms. The Hall–Kier alpha value is -1.91. The molecule has 1 aliphatic carbocycles. The Morgan fingerprint density at radius 2 is 1.90 bits per heavy atom. The Labute approximate surface area is 124 Å². The van der Waals surface area contributed by atoms with Crippen LogP contribution in [-0.2, 0) is 0 Å². The van der Waals surface area contributed by atoms with Gasteiger partial charge in [-0.1, -0.05) is 38.7 Å². The van der Waals surface area contributed by atoms with E-state index in [1.165, 1.54) is 43.9 Å². The van der Waals surface area contributed by atoms with Gasteiger partial charge in [0.1, 0.15) is 11.4 Å². The van der Waals surface area contributed by atoms with Gasteiger partial charge < -0.3 is 10.4 Å². The molecule has 1 aromatic rings. The molecule has 0 saturated heterocycles. The van der Waals surface area contributed by atoms with E-state index in [9.17, 15) is 9.59 Å². The summed E-state index contributed by atoms with van der Waals surface area (Å²) in [6.45, 7) is 2.91. The van der Waals surface area contributed by atoms with Crippen molar-refractivity contribution in [2.75, 3.05) is 6.54 Å². The van der Waals surface area contributed by atoms with Crippen LogP contribution in [0.1, 0.15) is 60.0 Å². The third-order valence-corrected chi connectivity index (χ3v) is 4.17. The molecule has 1 aromatic heterocycles. The summed E-state index contributed by atoms with van der Waals surface area (Å²) in [7, 11) is 0. The van der Waals surface area contributed by atoms with E-state index in [4.69, 9.17) is 5.11 Å². The number of carbonyl (C=O) groups excluding carboxylic acids is 1. The van der Waals surface area contributed by atoms with Crippen LogP contribution in [0.3, 0.4) is 0 Å². The molecule has 0 atom stereocenters. The summed E-state index contributed by atoms with van der Waals surface area (Å²) in [5, 5.41) is 11.7. The number of amides is 1. The van der Waals surface area contributed by atoms with Gasteiger partial charge in [0.2, 0.25) is 0 Å². The first-order valence-electron chi connectivity index (χ1n) is 7.55. The first-order chi connectivity index (χ1) is 10.1. The Kier molecular flexibility index (Phi) is 5.31. The van der Waals surface area contributed by atoms with E-state index in [2.05, 4.69) is 17.2 Å². The maximum atomic E-state index is 11.9. The van der Waals surface area contributed by atoms with Crippen molar-refractivity contribution in [3.63, 3.8) is 0 Å². The molecule has 1 fully saturated rings. The molecule has 5 heteroatoms. The molecule has 0 radical (unpaired) electrons. The molecule has 1 heterocycles. The second-order valence-electron chi connectivity index (χ2n) is 5.88. The number of nitrogens with one attached hydrogen (secondary N) is 1. The van der Waals surface area contributed by atoms with E-state index in [1.54, 1.807) is 0 Å². The third kappa shape index (κ3) is 4.55. The maximum Gasteiger partial charge on any atom is 0.354 e. The van der Waals surface area contributed by atoms with E-state index >= 15 is 0 Å². The average Bonchev–Trinajstić information content (AvgIpc) is 2.49. The van der Waals surface area contributed by atoms with E-state index in [-0.39, 0.29) is 17.3 Å². The minimum absolute atomic E-state index is 0.107. The molecule has 1 amide bonds. The maximum absolute atomic E-state index is 11.9. The van der Waals surface area contributed by atoms with E-state index in [0.717, 1.165) is 12.3 Å². The van der Waals surface area contributed by atoms with Gasteiger partial charge in [-0.15, -0.1) is 0 Å². The molecule has 0 unspecified atom stereocenters. The summed E-state index contributed by atoms with van der Waals surface area (Å²) in [5.74, 6) is 0.0989. The number of hydrogen-bond acceptors (Lipinski definition) is 3. The number of nitrogens with zero attached hydrogens (tertiary/aromatic N) is 1. The fourth-order valence-corrected chi connectivity index (χ4v) is 2.78. The molecule has 0 spiro atoms. The molecule has 21 heavy (non-hydrogen) atoms. The molecular formula is C16H22N2O3. The predicted octanol–water partition coefficient (Wildman–Crippen LogP) is 2.73. The Balaban J connectivity index is 1.79. The molecule has 0 aromatic carbocycles. The van der Waals surface area contributed by atoms with Crippen LogP contribution in [-0.4, -0.2) is 28.5 Å². The number of carbonyl (C=O) groups is 2. The van der Waals surface area contributed by atoms with Crippen molar-refractivity contribution in [3.05, 3.63) is 29.6 Å². The Morgan fingerprint density at radius 3 is 2.57 bits per heavy atom. The summed E-state index contributed by atoms with van der Waals surface area (Å²) < 4.78 is 0. The monoisotopic (exact) mass is 290 g/mol. The summed E-state index contributed by atoms with van der Waals surface area (Å²) in [6.07, 6.45) is 6.02. The van der Waals surface area contributed by atoms with Gasteiger partial charge in [-0.3, -0.25) is 4.79 Å². The highest BCUT2D eigenvalue weighted by Gasteiger charge is 2.18. The van der Waals surface area contributed by atoms with Crippen LogP contribution >= 0.6 is 0 Å². The van der Waals surface area contributed by atoms with E-state index in [1.807, 2.05) is 0 Å². The Morgan fingerprint density at radius 1 is 1.24 bits per heavy atom. The zero-order valence-electron chi connectivity index (χ0n) is 12.3. The minimum Gasteiger partial charge on any atom is -0.477 e. The normalized spacial score (nSPS) is 21.8. The van der Waals surface area contributed by atoms with Crippen LogP contribution in [0.2, 0.25) is 0 Å². The summed E-state index contributed by atoms with van der Waals surface area (Å²) in [6, 6.07) is 4.44. The number of pyridine rings is 1. The lowest BCUT2D eigenvalue weighted by Crippen LogP contribution is -2.28. The van der Waals surface area contributed by atoms with Crippen molar-refractivity contribution >= 4 is 11.9 Å².